The highest BCUT2D eigenvalue weighted by Gasteiger charge is 2.24. The molecule has 1 fully saturated rings. The van der Waals surface area contributed by atoms with Gasteiger partial charge >= 0.3 is 0 Å². The second-order valence-corrected chi connectivity index (χ2v) is 5.50. The minimum absolute atomic E-state index is 0.210. The molecule has 3 heterocycles. The zero-order valence-corrected chi connectivity index (χ0v) is 12.6. The van der Waals surface area contributed by atoms with Crippen molar-refractivity contribution in [2.45, 2.75) is 39.5 Å². The molecule has 21 heavy (non-hydrogen) atoms. The summed E-state index contributed by atoms with van der Waals surface area (Å²) in [6.45, 7) is 7.72. The Balaban J connectivity index is 1.52. The molecule has 1 saturated heterocycles. The molecule has 1 atom stereocenters. The van der Waals surface area contributed by atoms with Crippen LogP contribution in [-0.2, 0) is 13.1 Å². The SMILES string of the molecule is CCn1cc(CN2CCC(Oc3ccc(C)cn3)C2)nn1. The van der Waals surface area contributed by atoms with Crippen molar-refractivity contribution in [1.82, 2.24) is 24.9 Å². The number of rotatable bonds is 5. The van der Waals surface area contributed by atoms with E-state index in [-0.39, 0.29) is 6.10 Å². The van der Waals surface area contributed by atoms with Crippen molar-refractivity contribution >= 4 is 0 Å². The maximum absolute atomic E-state index is 5.93. The molecule has 3 rings (SSSR count). The lowest BCUT2D eigenvalue weighted by Crippen LogP contribution is -2.25. The predicted molar refractivity (Wildman–Crippen MR) is 79.0 cm³/mol. The van der Waals surface area contributed by atoms with E-state index in [1.54, 1.807) is 0 Å². The van der Waals surface area contributed by atoms with Gasteiger partial charge in [0.2, 0.25) is 5.88 Å². The van der Waals surface area contributed by atoms with Crippen molar-refractivity contribution in [2.24, 2.45) is 0 Å². The van der Waals surface area contributed by atoms with E-state index in [1.807, 2.05) is 36.1 Å². The number of hydrogen-bond donors (Lipinski definition) is 0. The van der Waals surface area contributed by atoms with Gasteiger partial charge in [-0.2, -0.15) is 0 Å². The van der Waals surface area contributed by atoms with Gasteiger partial charge in [-0.05, 0) is 25.8 Å². The zero-order chi connectivity index (χ0) is 14.7. The first kappa shape index (κ1) is 14.0. The van der Waals surface area contributed by atoms with Gasteiger partial charge in [-0.25, -0.2) is 4.98 Å². The predicted octanol–water partition coefficient (Wildman–Crippen LogP) is 1.65. The highest BCUT2D eigenvalue weighted by molar-refractivity contribution is 5.16. The summed E-state index contributed by atoms with van der Waals surface area (Å²) in [6, 6.07) is 3.96. The van der Waals surface area contributed by atoms with Crippen LogP contribution in [-0.4, -0.2) is 44.1 Å². The second kappa shape index (κ2) is 6.22. The number of pyridine rings is 1. The first-order valence-electron chi connectivity index (χ1n) is 7.43. The third-order valence-electron chi connectivity index (χ3n) is 3.70. The number of aromatic nitrogens is 4. The van der Waals surface area contributed by atoms with E-state index in [9.17, 15) is 0 Å². The average Bonchev–Trinajstić information content (AvgIpc) is 3.11. The van der Waals surface area contributed by atoms with Crippen molar-refractivity contribution in [3.8, 4) is 5.88 Å². The van der Waals surface area contributed by atoms with E-state index < -0.39 is 0 Å². The van der Waals surface area contributed by atoms with E-state index in [4.69, 9.17) is 4.74 Å². The Morgan fingerprint density at radius 3 is 3.00 bits per heavy atom. The summed E-state index contributed by atoms with van der Waals surface area (Å²) >= 11 is 0. The Morgan fingerprint density at radius 1 is 1.38 bits per heavy atom. The van der Waals surface area contributed by atoms with E-state index in [2.05, 4.69) is 27.1 Å². The van der Waals surface area contributed by atoms with E-state index in [0.717, 1.165) is 43.9 Å². The normalized spacial score (nSPS) is 19.0. The fourth-order valence-corrected chi connectivity index (χ4v) is 2.53. The van der Waals surface area contributed by atoms with Crippen molar-refractivity contribution in [1.29, 1.82) is 0 Å². The molecule has 0 radical (unpaired) electrons. The Kier molecular flexibility index (Phi) is 4.15. The Bertz CT molecular complexity index is 580. The molecule has 112 valence electrons. The summed E-state index contributed by atoms with van der Waals surface area (Å²) < 4.78 is 7.79. The number of likely N-dealkylation sites (tertiary alicyclic amines) is 1. The van der Waals surface area contributed by atoms with Crippen LogP contribution in [0.4, 0.5) is 0 Å². The van der Waals surface area contributed by atoms with Gasteiger partial charge in [-0.3, -0.25) is 9.58 Å². The van der Waals surface area contributed by atoms with Crippen molar-refractivity contribution in [3.63, 3.8) is 0 Å². The van der Waals surface area contributed by atoms with Gasteiger partial charge in [0.25, 0.3) is 0 Å². The van der Waals surface area contributed by atoms with Gasteiger partial charge < -0.3 is 4.74 Å². The molecule has 2 aromatic heterocycles. The largest absolute Gasteiger partial charge is 0.473 e. The minimum atomic E-state index is 0.210. The van der Waals surface area contributed by atoms with Crippen molar-refractivity contribution < 1.29 is 4.74 Å². The third-order valence-corrected chi connectivity index (χ3v) is 3.70. The van der Waals surface area contributed by atoms with Crippen LogP contribution in [0.15, 0.2) is 24.5 Å². The molecule has 0 amide bonds. The monoisotopic (exact) mass is 287 g/mol. The molecule has 2 aromatic rings. The molecule has 0 saturated carbocycles. The number of hydrogen-bond acceptors (Lipinski definition) is 5. The molecule has 0 aliphatic carbocycles. The molecule has 1 aliphatic heterocycles. The number of ether oxygens (including phenoxy) is 1. The summed E-state index contributed by atoms with van der Waals surface area (Å²) in [4.78, 5) is 6.65. The highest BCUT2D eigenvalue weighted by atomic mass is 16.5. The maximum atomic E-state index is 5.93. The molecule has 0 N–H and O–H groups in total. The van der Waals surface area contributed by atoms with Crippen LogP contribution in [0, 0.1) is 6.92 Å². The minimum Gasteiger partial charge on any atom is -0.473 e. The fraction of sp³-hybridized carbons (Fsp3) is 0.533. The Morgan fingerprint density at radius 2 is 2.29 bits per heavy atom. The quantitative estimate of drug-likeness (QED) is 0.837. The number of aryl methyl sites for hydroxylation is 2. The van der Waals surface area contributed by atoms with Gasteiger partial charge in [0.1, 0.15) is 6.10 Å². The van der Waals surface area contributed by atoms with Gasteiger partial charge in [0, 0.05) is 44.6 Å². The lowest BCUT2D eigenvalue weighted by Gasteiger charge is -2.15. The molecule has 0 bridgehead atoms. The zero-order valence-electron chi connectivity index (χ0n) is 12.6. The summed E-state index contributed by atoms with van der Waals surface area (Å²) in [7, 11) is 0. The first-order chi connectivity index (χ1) is 10.2. The maximum Gasteiger partial charge on any atom is 0.213 e. The summed E-state index contributed by atoms with van der Waals surface area (Å²) in [5, 5.41) is 8.26. The molecule has 6 nitrogen and oxygen atoms in total. The smallest absolute Gasteiger partial charge is 0.213 e. The summed E-state index contributed by atoms with van der Waals surface area (Å²) in [6.07, 6.45) is 5.08. The topological polar surface area (TPSA) is 56.1 Å². The first-order valence-corrected chi connectivity index (χ1v) is 7.43. The van der Waals surface area contributed by atoms with Crippen LogP contribution in [0.3, 0.4) is 0 Å². The molecule has 1 unspecified atom stereocenters. The van der Waals surface area contributed by atoms with Crippen LogP contribution in [0.5, 0.6) is 5.88 Å². The molecular weight excluding hydrogens is 266 g/mol. The standard InChI is InChI=1S/C15H21N5O/c1-3-20-10-13(17-18-20)9-19-7-6-14(11-19)21-15-5-4-12(2)8-16-15/h4-5,8,10,14H,3,6-7,9,11H2,1-2H3. The van der Waals surface area contributed by atoms with E-state index >= 15 is 0 Å². The van der Waals surface area contributed by atoms with Crippen LogP contribution in [0.1, 0.15) is 24.6 Å². The lowest BCUT2D eigenvalue weighted by atomic mass is 10.3. The average molecular weight is 287 g/mol. The van der Waals surface area contributed by atoms with Gasteiger partial charge in [0.05, 0.1) is 5.69 Å². The Hall–Kier alpha value is -1.95. The van der Waals surface area contributed by atoms with Crippen LogP contribution in [0.2, 0.25) is 0 Å². The van der Waals surface area contributed by atoms with Crippen molar-refractivity contribution in [2.75, 3.05) is 13.1 Å². The summed E-state index contributed by atoms with van der Waals surface area (Å²) in [5.41, 5.74) is 2.17. The van der Waals surface area contributed by atoms with Crippen LogP contribution >= 0.6 is 0 Å². The Labute approximate surface area is 124 Å². The van der Waals surface area contributed by atoms with Crippen LogP contribution in [0.25, 0.3) is 0 Å². The molecule has 0 spiro atoms. The van der Waals surface area contributed by atoms with Crippen LogP contribution < -0.4 is 4.74 Å². The molecule has 1 aliphatic rings. The lowest BCUT2D eigenvalue weighted by molar-refractivity contribution is 0.190. The number of nitrogens with zero attached hydrogens (tertiary/aromatic N) is 5. The highest BCUT2D eigenvalue weighted by Crippen LogP contribution is 2.18. The summed E-state index contributed by atoms with van der Waals surface area (Å²) in [5.74, 6) is 0.712. The second-order valence-electron chi connectivity index (χ2n) is 5.50. The van der Waals surface area contributed by atoms with E-state index in [0.29, 0.717) is 5.88 Å². The molecule has 6 heteroatoms. The fourth-order valence-electron chi connectivity index (χ4n) is 2.53. The van der Waals surface area contributed by atoms with Gasteiger partial charge in [0.15, 0.2) is 0 Å². The third kappa shape index (κ3) is 3.58. The van der Waals surface area contributed by atoms with Crippen molar-refractivity contribution in [3.05, 3.63) is 35.8 Å². The van der Waals surface area contributed by atoms with E-state index in [1.165, 1.54) is 0 Å². The van der Waals surface area contributed by atoms with Gasteiger partial charge in [-0.15, -0.1) is 5.10 Å². The molecular formula is C15H21N5O. The van der Waals surface area contributed by atoms with Gasteiger partial charge in [-0.1, -0.05) is 11.3 Å². The molecule has 0 aromatic carbocycles.